The number of anilines is 1. The van der Waals surface area contributed by atoms with Crippen molar-refractivity contribution in [3.63, 3.8) is 0 Å². The minimum Gasteiger partial charge on any atom is -0.492 e. The molecule has 3 rings (SSSR count). The highest BCUT2D eigenvalue weighted by molar-refractivity contribution is 9.10. The van der Waals surface area contributed by atoms with Crippen molar-refractivity contribution in [2.24, 2.45) is 5.92 Å². The molecule has 7 nitrogen and oxygen atoms in total. The summed E-state index contributed by atoms with van der Waals surface area (Å²) < 4.78 is 6.56. The molecule has 3 aromatic rings. The molecule has 0 aliphatic heterocycles. The van der Waals surface area contributed by atoms with Gasteiger partial charge >= 0.3 is 0 Å². The molecular weight excluding hydrogens is 510 g/mol. The van der Waals surface area contributed by atoms with Crippen molar-refractivity contribution in [3.05, 3.63) is 94.0 Å². The highest BCUT2D eigenvalue weighted by Crippen LogP contribution is 2.23. The van der Waals surface area contributed by atoms with Gasteiger partial charge in [0.2, 0.25) is 5.91 Å². The molecule has 8 heteroatoms. The van der Waals surface area contributed by atoms with E-state index in [1.165, 1.54) is 0 Å². The van der Waals surface area contributed by atoms with Gasteiger partial charge in [-0.1, -0.05) is 60.1 Å². The molecule has 0 fully saturated rings. The van der Waals surface area contributed by atoms with Gasteiger partial charge in [0.1, 0.15) is 5.75 Å². The molecule has 3 aromatic carbocycles. The first-order valence-electron chi connectivity index (χ1n) is 11.3. The number of carbonyl (C=O) groups is 3. The van der Waals surface area contributed by atoms with Gasteiger partial charge in [-0.15, -0.1) is 0 Å². The molecule has 182 valence electrons. The van der Waals surface area contributed by atoms with Crippen LogP contribution in [0.1, 0.15) is 46.5 Å². The molecule has 0 radical (unpaired) electrons. The number of hydrogen-bond acceptors (Lipinski definition) is 4. The van der Waals surface area contributed by atoms with Crippen LogP contribution < -0.4 is 20.9 Å². The zero-order valence-corrected chi connectivity index (χ0v) is 21.2. The van der Waals surface area contributed by atoms with Crippen LogP contribution in [0.5, 0.6) is 5.75 Å². The molecule has 0 heterocycles. The van der Waals surface area contributed by atoms with Crippen molar-refractivity contribution in [2.75, 3.05) is 11.9 Å². The summed E-state index contributed by atoms with van der Waals surface area (Å²) in [5.74, 6) is -0.409. The van der Waals surface area contributed by atoms with Gasteiger partial charge in [0.25, 0.3) is 11.8 Å². The first-order chi connectivity index (χ1) is 16.8. The van der Waals surface area contributed by atoms with E-state index < -0.39 is 11.8 Å². The quantitative estimate of drug-likeness (QED) is 0.329. The number of ether oxygens (including phenoxy) is 1. The Morgan fingerprint density at radius 2 is 1.57 bits per heavy atom. The van der Waals surface area contributed by atoms with Gasteiger partial charge in [-0.2, -0.15) is 0 Å². The molecule has 0 saturated carbocycles. The molecule has 0 aromatic heterocycles. The summed E-state index contributed by atoms with van der Waals surface area (Å²) in [4.78, 5) is 37.2. The standard InChI is InChI=1S/C27H28BrN3O4/c1-18(2)16-25(32)29-22-11-8-20(9-12-22)26(33)30-31-27(34)23-17-21(28)10-13-24(23)35-15-14-19-6-4-3-5-7-19/h3-13,17-18H,14-16H2,1-2H3,(H,29,32)(H,30,33)(H,31,34). The molecule has 0 aliphatic carbocycles. The van der Waals surface area contributed by atoms with Crippen molar-refractivity contribution >= 4 is 39.3 Å². The van der Waals surface area contributed by atoms with E-state index in [1.54, 1.807) is 42.5 Å². The minimum atomic E-state index is -0.507. The Kier molecular flexibility index (Phi) is 9.43. The summed E-state index contributed by atoms with van der Waals surface area (Å²) >= 11 is 3.37. The summed E-state index contributed by atoms with van der Waals surface area (Å²) in [5, 5.41) is 2.79. The molecule has 0 spiro atoms. The predicted molar refractivity (Wildman–Crippen MR) is 139 cm³/mol. The molecule has 35 heavy (non-hydrogen) atoms. The minimum absolute atomic E-state index is 0.0831. The van der Waals surface area contributed by atoms with Crippen LogP contribution in [0.25, 0.3) is 0 Å². The molecule has 0 unspecified atom stereocenters. The maximum absolute atomic E-state index is 12.8. The van der Waals surface area contributed by atoms with Crippen LogP contribution in [0.2, 0.25) is 0 Å². The van der Waals surface area contributed by atoms with E-state index in [9.17, 15) is 14.4 Å². The monoisotopic (exact) mass is 537 g/mol. The SMILES string of the molecule is CC(C)CC(=O)Nc1ccc(C(=O)NNC(=O)c2cc(Br)ccc2OCCc2ccccc2)cc1. The Bertz CT molecular complexity index is 1160. The number of halogens is 1. The van der Waals surface area contributed by atoms with Crippen molar-refractivity contribution in [1.29, 1.82) is 0 Å². The fourth-order valence-electron chi connectivity index (χ4n) is 3.27. The molecule has 3 amide bonds. The summed E-state index contributed by atoms with van der Waals surface area (Å²) in [5.41, 5.74) is 7.20. The highest BCUT2D eigenvalue weighted by atomic mass is 79.9. The first kappa shape index (κ1) is 26.0. The van der Waals surface area contributed by atoms with Crippen LogP contribution in [0.3, 0.4) is 0 Å². The second kappa shape index (κ2) is 12.7. The zero-order chi connectivity index (χ0) is 25.2. The highest BCUT2D eigenvalue weighted by Gasteiger charge is 2.15. The van der Waals surface area contributed by atoms with Crippen molar-refractivity contribution < 1.29 is 19.1 Å². The fraction of sp³-hybridized carbons (Fsp3) is 0.222. The fourth-order valence-corrected chi connectivity index (χ4v) is 3.63. The van der Waals surface area contributed by atoms with Crippen LogP contribution in [-0.2, 0) is 11.2 Å². The molecule has 0 atom stereocenters. The summed E-state index contributed by atoms with van der Waals surface area (Å²) in [6.45, 7) is 4.34. The molecule has 0 saturated heterocycles. The Labute approximate surface area is 213 Å². The Hall–Kier alpha value is -3.65. The van der Waals surface area contributed by atoms with Crippen molar-refractivity contribution in [2.45, 2.75) is 26.7 Å². The summed E-state index contributed by atoms with van der Waals surface area (Å²) in [7, 11) is 0. The van der Waals surface area contributed by atoms with E-state index >= 15 is 0 Å². The number of carbonyl (C=O) groups excluding carboxylic acids is 3. The van der Waals surface area contributed by atoms with Gasteiger partial charge in [0, 0.05) is 28.6 Å². The smallest absolute Gasteiger partial charge is 0.273 e. The van der Waals surface area contributed by atoms with Crippen LogP contribution >= 0.6 is 15.9 Å². The Morgan fingerprint density at radius 1 is 0.886 bits per heavy atom. The average molecular weight is 538 g/mol. The van der Waals surface area contributed by atoms with E-state index in [2.05, 4.69) is 32.1 Å². The number of hydrazine groups is 1. The average Bonchev–Trinajstić information content (AvgIpc) is 2.83. The first-order valence-corrected chi connectivity index (χ1v) is 12.1. The van der Waals surface area contributed by atoms with Crippen LogP contribution in [-0.4, -0.2) is 24.3 Å². The van der Waals surface area contributed by atoms with Gasteiger partial charge in [-0.25, -0.2) is 0 Å². The number of hydrogen-bond donors (Lipinski definition) is 3. The molecule has 0 bridgehead atoms. The summed E-state index contributed by atoms with van der Waals surface area (Å²) in [6, 6.07) is 21.5. The van der Waals surface area contributed by atoms with Crippen LogP contribution in [0, 0.1) is 5.92 Å². The van der Waals surface area contributed by atoms with Crippen molar-refractivity contribution in [3.8, 4) is 5.75 Å². The van der Waals surface area contributed by atoms with E-state index in [-0.39, 0.29) is 17.4 Å². The third kappa shape index (κ3) is 8.26. The van der Waals surface area contributed by atoms with Gasteiger partial charge < -0.3 is 10.1 Å². The lowest BCUT2D eigenvalue weighted by Crippen LogP contribution is -2.41. The lowest BCUT2D eigenvalue weighted by molar-refractivity contribution is -0.116. The maximum Gasteiger partial charge on any atom is 0.273 e. The maximum atomic E-state index is 12.8. The number of benzene rings is 3. The third-order valence-electron chi connectivity index (χ3n) is 4.99. The third-order valence-corrected chi connectivity index (χ3v) is 5.48. The summed E-state index contributed by atoms with van der Waals surface area (Å²) in [6.07, 6.45) is 1.12. The molecule has 0 aliphatic rings. The lowest BCUT2D eigenvalue weighted by atomic mass is 10.1. The van der Waals surface area contributed by atoms with Gasteiger partial charge in [0.05, 0.1) is 12.2 Å². The van der Waals surface area contributed by atoms with E-state index in [0.29, 0.717) is 40.9 Å². The number of amides is 3. The molecule has 3 N–H and O–H groups in total. The molecular formula is C27H28BrN3O4. The second-order valence-corrected chi connectivity index (χ2v) is 9.27. The number of rotatable bonds is 9. The Balaban J connectivity index is 1.56. The zero-order valence-electron chi connectivity index (χ0n) is 19.6. The predicted octanol–water partition coefficient (Wildman–Crippen LogP) is 5.13. The van der Waals surface area contributed by atoms with E-state index in [0.717, 1.165) is 5.56 Å². The van der Waals surface area contributed by atoms with Crippen LogP contribution in [0.4, 0.5) is 5.69 Å². The van der Waals surface area contributed by atoms with Crippen LogP contribution in [0.15, 0.2) is 77.3 Å². The van der Waals surface area contributed by atoms with Gasteiger partial charge in [0.15, 0.2) is 0 Å². The Morgan fingerprint density at radius 3 is 2.26 bits per heavy atom. The van der Waals surface area contributed by atoms with Gasteiger partial charge in [-0.3, -0.25) is 25.2 Å². The normalized spacial score (nSPS) is 10.5. The van der Waals surface area contributed by atoms with Gasteiger partial charge in [-0.05, 0) is 53.9 Å². The number of nitrogens with one attached hydrogen (secondary N) is 3. The van der Waals surface area contributed by atoms with E-state index in [4.69, 9.17) is 4.74 Å². The second-order valence-electron chi connectivity index (χ2n) is 8.36. The topological polar surface area (TPSA) is 96.5 Å². The largest absolute Gasteiger partial charge is 0.492 e. The van der Waals surface area contributed by atoms with Crippen molar-refractivity contribution in [1.82, 2.24) is 10.9 Å². The van der Waals surface area contributed by atoms with E-state index in [1.807, 2.05) is 44.2 Å². The lowest BCUT2D eigenvalue weighted by Gasteiger charge is -2.13.